The van der Waals surface area contributed by atoms with E-state index in [0.717, 1.165) is 10.5 Å². The molecular weight excluding hydrogens is 826 g/mol. The van der Waals surface area contributed by atoms with Crippen LogP contribution in [0.1, 0.15) is 126 Å². The van der Waals surface area contributed by atoms with Crippen LogP contribution in [0.5, 0.6) is 0 Å². The summed E-state index contributed by atoms with van der Waals surface area (Å²) in [7, 11) is 3.10. The van der Waals surface area contributed by atoms with Gasteiger partial charge < -0.3 is 39.2 Å². The van der Waals surface area contributed by atoms with E-state index in [2.05, 4.69) is 0 Å². The predicted molar refractivity (Wildman–Crippen MR) is 239 cm³/mol. The molecule has 3 fully saturated rings. The standard InChI is InChI=1S/C50H76FNO12/c1-29-15-11-10-12-16-30(2)41(61-8)27-37-20-18-35(7)50(60,64-37)47(57)48(58)52-22-14-13-17-38(52)49(59)63-42(32(4)25-36-19-21-39(53)43(26-36)62-9)28-40(54)31(3)24-34(6)46(56)44(51)45(55)33(5)23-29/h10-12,15-16,24,29,31-33,35-39,41-44,46,53,56,60H,13-14,17-23,25-28H2,1-9H3/b12-10+,15-11+,30-16+,34-24+/t29-,31-,32-,33-,35-,36+,37+,38+,39-,41+,42?,43-,44+,46-,50-/m1/s1. The van der Waals surface area contributed by atoms with E-state index in [4.69, 9.17) is 18.9 Å². The summed E-state index contributed by atoms with van der Waals surface area (Å²) >= 11 is 0. The highest BCUT2D eigenvalue weighted by Crippen LogP contribution is 2.38. The number of alkyl halides is 1. The van der Waals surface area contributed by atoms with Crippen molar-refractivity contribution in [3.8, 4) is 0 Å². The van der Waals surface area contributed by atoms with Crippen LogP contribution in [0.15, 0.2) is 47.6 Å². The Hall–Kier alpha value is -3.40. The second-order valence-electron chi connectivity index (χ2n) is 19.3. The molecule has 0 spiro atoms. The number of aliphatic hydroxyl groups excluding tert-OH is 2. The van der Waals surface area contributed by atoms with Crippen molar-refractivity contribution >= 4 is 29.2 Å². The first-order valence-corrected chi connectivity index (χ1v) is 23.5. The van der Waals surface area contributed by atoms with Crippen molar-refractivity contribution in [3.05, 3.63) is 47.6 Å². The van der Waals surface area contributed by atoms with Crippen molar-refractivity contribution in [3.63, 3.8) is 0 Å². The van der Waals surface area contributed by atoms with Gasteiger partial charge in [0.15, 0.2) is 12.0 Å². The highest BCUT2D eigenvalue weighted by Gasteiger charge is 2.53. The second-order valence-corrected chi connectivity index (χ2v) is 19.3. The molecule has 3 heterocycles. The number of piperidine rings is 1. The number of halogens is 1. The summed E-state index contributed by atoms with van der Waals surface area (Å²) < 4.78 is 39.3. The molecule has 360 valence electrons. The second kappa shape index (κ2) is 24.4. The van der Waals surface area contributed by atoms with Gasteiger partial charge in [-0.25, -0.2) is 9.18 Å². The molecule has 1 unspecified atom stereocenters. The Morgan fingerprint density at radius 3 is 2.30 bits per heavy atom. The van der Waals surface area contributed by atoms with E-state index < -0.39 is 89.7 Å². The fraction of sp³-hybridized carbons (Fsp3) is 0.740. The molecule has 0 radical (unpaired) electrons. The van der Waals surface area contributed by atoms with E-state index in [0.29, 0.717) is 64.2 Å². The smallest absolute Gasteiger partial charge is 0.329 e. The van der Waals surface area contributed by atoms with Gasteiger partial charge in [-0.15, -0.1) is 0 Å². The molecule has 2 bridgehead atoms. The lowest BCUT2D eigenvalue weighted by atomic mass is 9.78. The van der Waals surface area contributed by atoms with Crippen LogP contribution in [-0.2, 0) is 42.9 Å². The number of nitrogens with zero attached hydrogens (tertiary/aromatic N) is 1. The number of aliphatic hydroxyl groups is 3. The fourth-order valence-corrected chi connectivity index (χ4v) is 9.85. The van der Waals surface area contributed by atoms with E-state index in [1.54, 1.807) is 35.0 Å². The maximum absolute atomic E-state index is 15.6. The fourth-order valence-electron chi connectivity index (χ4n) is 9.85. The highest BCUT2D eigenvalue weighted by molar-refractivity contribution is 6.39. The van der Waals surface area contributed by atoms with Crippen LogP contribution in [0, 0.1) is 35.5 Å². The molecule has 14 heteroatoms. The van der Waals surface area contributed by atoms with Crippen molar-refractivity contribution in [2.75, 3.05) is 20.8 Å². The van der Waals surface area contributed by atoms with Crippen LogP contribution in [0.25, 0.3) is 0 Å². The summed E-state index contributed by atoms with van der Waals surface area (Å²) in [5.41, 5.74) is 0.969. The Bertz CT molecular complexity index is 1740. The van der Waals surface area contributed by atoms with Crippen LogP contribution in [-0.4, -0.2) is 125 Å². The van der Waals surface area contributed by atoms with E-state index >= 15 is 4.39 Å². The molecule has 1 saturated carbocycles. The zero-order valence-corrected chi connectivity index (χ0v) is 39.6. The molecule has 15 atom stereocenters. The van der Waals surface area contributed by atoms with Crippen LogP contribution >= 0.6 is 0 Å². The lowest BCUT2D eigenvalue weighted by Gasteiger charge is -2.42. The number of hydrogen-bond donors (Lipinski definition) is 3. The minimum atomic E-state index is -2.44. The predicted octanol–water partition coefficient (Wildman–Crippen LogP) is 6.50. The van der Waals surface area contributed by atoms with Crippen LogP contribution < -0.4 is 0 Å². The Kier molecular flexibility index (Phi) is 20.3. The SMILES string of the molecule is CO[C@H]1C[C@@H]2CC[C@@H](C)[C@@](O)(O2)C(=O)C(=O)N2CCCC[C@H]2C(=O)OC([C@H](C)C[C@@H]2CC[C@@H](O)[C@H](OC)C2)CC(=O)[C@H](C)/C=C(\C)[C@@H](O)[C@@H](F)C(=O)[C@H](C)C[C@H](C)/C=C/C=C/C=C/1C. The number of amides is 1. The van der Waals surface area contributed by atoms with Crippen molar-refractivity contribution in [2.45, 2.75) is 180 Å². The van der Waals surface area contributed by atoms with E-state index in [-0.39, 0.29) is 54.6 Å². The molecule has 1 amide bonds. The number of ketones is 3. The maximum atomic E-state index is 15.6. The lowest BCUT2D eigenvalue weighted by Crippen LogP contribution is -2.61. The van der Waals surface area contributed by atoms with Gasteiger partial charge in [0.1, 0.15) is 24.0 Å². The van der Waals surface area contributed by atoms with Gasteiger partial charge in [0.05, 0.1) is 24.4 Å². The lowest BCUT2D eigenvalue weighted by molar-refractivity contribution is -0.265. The molecule has 1 aliphatic carbocycles. The first-order valence-electron chi connectivity index (χ1n) is 23.5. The van der Waals surface area contributed by atoms with Gasteiger partial charge in [-0.05, 0) is 107 Å². The van der Waals surface area contributed by atoms with Crippen molar-refractivity contribution < 1.29 is 62.6 Å². The average molecular weight is 902 g/mol. The third-order valence-corrected chi connectivity index (χ3v) is 14.2. The highest BCUT2D eigenvalue weighted by atomic mass is 19.1. The van der Waals surface area contributed by atoms with Gasteiger partial charge in [0.25, 0.3) is 11.7 Å². The zero-order chi connectivity index (χ0) is 47.5. The number of cyclic esters (lactones) is 1. The molecule has 64 heavy (non-hydrogen) atoms. The monoisotopic (exact) mass is 902 g/mol. The molecule has 0 aromatic rings. The summed E-state index contributed by atoms with van der Waals surface area (Å²) in [6.45, 7) is 12.1. The summed E-state index contributed by atoms with van der Waals surface area (Å²) in [4.78, 5) is 71.0. The van der Waals surface area contributed by atoms with Crippen LogP contribution in [0.2, 0.25) is 0 Å². The molecule has 0 aromatic carbocycles. The maximum Gasteiger partial charge on any atom is 0.329 e. The van der Waals surface area contributed by atoms with Gasteiger partial charge in [-0.2, -0.15) is 0 Å². The Labute approximate surface area is 379 Å². The van der Waals surface area contributed by atoms with Crippen molar-refractivity contribution in [2.24, 2.45) is 35.5 Å². The zero-order valence-electron chi connectivity index (χ0n) is 39.6. The number of allylic oxidation sites excluding steroid dienone is 6. The molecule has 2 saturated heterocycles. The Balaban J connectivity index is 1.69. The number of hydrogen-bond acceptors (Lipinski definition) is 12. The third kappa shape index (κ3) is 13.8. The number of fused-ring (bicyclic) bond motifs is 3. The van der Waals surface area contributed by atoms with Gasteiger partial charge in [-0.1, -0.05) is 71.1 Å². The molecule has 4 rings (SSSR count). The normalized spacial score (nSPS) is 40.9. The number of esters is 1. The number of carbonyl (C=O) groups is 5. The molecule has 13 nitrogen and oxygen atoms in total. The summed E-state index contributed by atoms with van der Waals surface area (Å²) in [6.07, 6.45) is 8.62. The van der Waals surface area contributed by atoms with Gasteiger partial charge in [-0.3, -0.25) is 19.2 Å². The summed E-state index contributed by atoms with van der Waals surface area (Å²) in [6, 6.07) is -1.17. The first-order chi connectivity index (χ1) is 30.2. The average Bonchev–Trinajstić information content (AvgIpc) is 3.27. The minimum absolute atomic E-state index is 0.0673. The van der Waals surface area contributed by atoms with E-state index in [1.807, 2.05) is 51.2 Å². The molecule has 4 aliphatic rings. The Morgan fingerprint density at radius 2 is 1.61 bits per heavy atom. The van der Waals surface area contributed by atoms with Gasteiger partial charge >= 0.3 is 5.97 Å². The first kappa shape index (κ1) is 53.2. The number of carbonyl (C=O) groups excluding carboxylic acids is 5. The molecule has 3 aliphatic heterocycles. The number of rotatable bonds is 5. The Morgan fingerprint density at radius 1 is 0.891 bits per heavy atom. The third-order valence-electron chi connectivity index (χ3n) is 14.2. The quantitative estimate of drug-likeness (QED) is 0.155. The van der Waals surface area contributed by atoms with Crippen molar-refractivity contribution in [1.82, 2.24) is 4.90 Å². The van der Waals surface area contributed by atoms with Crippen LogP contribution in [0.4, 0.5) is 4.39 Å². The molecule has 0 aromatic heterocycles. The number of Topliss-reactive ketones (excluding diaryl/α,β-unsaturated/α-hetero) is 3. The summed E-state index contributed by atoms with van der Waals surface area (Å²) in [5, 5.41) is 33.3. The van der Waals surface area contributed by atoms with Gasteiger partial charge in [0, 0.05) is 51.4 Å². The largest absolute Gasteiger partial charge is 0.460 e. The van der Waals surface area contributed by atoms with Crippen molar-refractivity contribution in [1.29, 1.82) is 0 Å². The minimum Gasteiger partial charge on any atom is -0.460 e. The molecular formula is C50H76FNO12. The molecule has 3 N–H and O–H groups in total. The van der Waals surface area contributed by atoms with E-state index in [1.165, 1.54) is 13.0 Å². The van der Waals surface area contributed by atoms with E-state index in [9.17, 15) is 39.3 Å². The van der Waals surface area contributed by atoms with Crippen LogP contribution in [0.3, 0.4) is 0 Å². The number of ether oxygens (including phenoxy) is 4. The number of methoxy groups -OCH3 is 2. The van der Waals surface area contributed by atoms with Gasteiger partial charge in [0.2, 0.25) is 5.79 Å². The summed E-state index contributed by atoms with van der Waals surface area (Å²) in [5.74, 6) is -9.17. The topological polar surface area (TPSA) is 186 Å².